The van der Waals surface area contributed by atoms with Crippen LogP contribution in [0.2, 0.25) is 0 Å². The van der Waals surface area contributed by atoms with Gasteiger partial charge >= 0.3 is 0 Å². The maximum atomic E-state index is 5.69. The molecule has 0 aromatic carbocycles. The Labute approximate surface area is 104 Å². The number of pyridine rings is 1. The Kier molecular flexibility index (Phi) is 3.95. The molecule has 0 aliphatic carbocycles. The van der Waals surface area contributed by atoms with Crippen molar-refractivity contribution in [3.05, 3.63) is 29.6 Å². The van der Waals surface area contributed by atoms with E-state index in [1.165, 1.54) is 0 Å². The first kappa shape index (κ1) is 12.0. The molecule has 16 heavy (non-hydrogen) atoms. The number of ether oxygens (including phenoxy) is 2. The summed E-state index contributed by atoms with van der Waals surface area (Å²) in [5.41, 5.74) is 2.07. The van der Waals surface area contributed by atoms with Crippen molar-refractivity contribution >= 4 is 15.9 Å². The highest BCUT2D eigenvalue weighted by Crippen LogP contribution is 2.27. The average molecular weight is 286 g/mol. The molecule has 2 heterocycles. The van der Waals surface area contributed by atoms with E-state index in [1.54, 1.807) is 0 Å². The Morgan fingerprint density at radius 1 is 1.31 bits per heavy atom. The molecule has 0 unspecified atom stereocenters. The van der Waals surface area contributed by atoms with E-state index in [2.05, 4.69) is 27.8 Å². The highest BCUT2D eigenvalue weighted by molar-refractivity contribution is 9.08. The minimum absolute atomic E-state index is 0.446. The van der Waals surface area contributed by atoms with Crippen LogP contribution in [0.4, 0.5) is 0 Å². The molecule has 4 heteroatoms. The maximum Gasteiger partial charge on any atom is 0.173 e. The van der Waals surface area contributed by atoms with Crippen molar-refractivity contribution in [3.63, 3.8) is 0 Å². The van der Waals surface area contributed by atoms with Crippen molar-refractivity contribution in [2.24, 2.45) is 0 Å². The molecule has 0 N–H and O–H groups in total. The van der Waals surface area contributed by atoms with Crippen molar-refractivity contribution < 1.29 is 9.47 Å². The quantitative estimate of drug-likeness (QED) is 0.797. The number of halogens is 1. The van der Waals surface area contributed by atoms with Gasteiger partial charge in [-0.2, -0.15) is 0 Å². The van der Waals surface area contributed by atoms with E-state index in [0.29, 0.717) is 13.2 Å². The van der Waals surface area contributed by atoms with Gasteiger partial charge in [0, 0.05) is 17.4 Å². The molecule has 0 radical (unpaired) electrons. The number of rotatable bonds is 4. The van der Waals surface area contributed by atoms with Crippen LogP contribution in [-0.4, -0.2) is 24.0 Å². The molecule has 0 saturated carbocycles. The standard InChI is InChI=1S/C12H16BrNO2/c1-2-12(15-6-7-16-12)8-10-4-3-5-11(9-13)14-10/h3-5H,2,6-9H2,1H3. The van der Waals surface area contributed by atoms with Crippen molar-refractivity contribution in [1.82, 2.24) is 4.98 Å². The molecule has 1 saturated heterocycles. The number of alkyl halides is 1. The summed E-state index contributed by atoms with van der Waals surface area (Å²) >= 11 is 3.41. The van der Waals surface area contributed by atoms with Crippen molar-refractivity contribution in [2.75, 3.05) is 13.2 Å². The summed E-state index contributed by atoms with van der Waals surface area (Å²) in [5, 5.41) is 0.779. The van der Waals surface area contributed by atoms with Crippen LogP contribution in [0.3, 0.4) is 0 Å². The normalized spacial score (nSPS) is 18.9. The molecule has 1 fully saturated rings. The Morgan fingerprint density at radius 2 is 2.00 bits per heavy atom. The predicted octanol–water partition coefficient (Wildman–Crippen LogP) is 2.67. The lowest BCUT2D eigenvalue weighted by atomic mass is 10.1. The Balaban J connectivity index is 2.12. The molecular formula is C12H16BrNO2. The highest BCUT2D eigenvalue weighted by Gasteiger charge is 2.35. The fourth-order valence-corrected chi connectivity index (χ4v) is 2.22. The Hall–Kier alpha value is -0.450. The predicted molar refractivity (Wildman–Crippen MR) is 65.5 cm³/mol. The molecular weight excluding hydrogens is 270 g/mol. The van der Waals surface area contributed by atoms with Gasteiger partial charge in [-0.25, -0.2) is 0 Å². The zero-order valence-electron chi connectivity index (χ0n) is 9.41. The van der Waals surface area contributed by atoms with Gasteiger partial charge in [0.25, 0.3) is 0 Å². The van der Waals surface area contributed by atoms with Crippen LogP contribution in [0, 0.1) is 0 Å². The van der Waals surface area contributed by atoms with Crippen molar-refractivity contribution in [2.45, 2.75) is 30.9 Å². The second-order valence-corrected chi connectivity index (χ2v) is 4.45. The lowest BCUT2D eigenvalue weighted by Gasteiger charge is -2.25. The van der Waals surface area contributed by atoms with E-state index in [4.69, 9.17) is 9.47 Å². The van der Waals surface area contributed by atoms with Gasteiger partial charge in [0.1, 0.15) is 0 Å². The van der Waals surface area contributed by atoms with Crippen LogP contribution in [-0.2, 0) is 21.2 Å². The number of aromatic nitrogens is 1. The fraction of sp³-hybridized carbons (Fsp3) is 0.583. The van der Waals surface area contributed by atoms with Gasteiger partial charge in [-0.15, -0.1) is 0 Å². The van der Waals surface area contributed by atoms with E-state index in [0.717, 1.165) is 29.6 Å². The second-order valence-electron chi connectivity index (χ2n) is 3.89. The molecule has 1 aromatic heterocycles. The van der Waals surface area contributed by atoms with E-state index < -0.39 is 5.79 Å². The van der Waals surface area contributed by atoms with E-state index in [-0.39, 0.29) is 0 Å². The summed E-state index contributed by atoms with van der Waals surface area (Å²) in [5.74, 6) is -0.446. The number of nitrogens with zero attached hydrogens (tertiary/aromatic N) is 1. The van der Waals surface area contributed by atoms with E-state index >= 15 is 0 Å². The maximum absolute atomic E-state index is 5.69. The van der Waals surface area contributed by atoms with Crippen molar-refractivity contribution in [1.29, 1.82) is 0 Å². The Morgan fingerprint density at radius 3 is 2.62 bits per heavy atom. The molecule has 0 amide bonds. The summed E-state index contributed by atoms with van der Waals surface area (Å²) < 4.78 is 11.4. The molecule has 1 aliphatic rings. The third-order valence-corrected chi connectivity index (χ3v) is 3.38. The summed E-state index contributed by atoms with van der Waals surface area (Å²) in [4.78, 5) is 4.54. The first-order valence-corrected chi connectivity index (χ1v) is 6.69. The number of hydrogen-bond donors (Lipinski definition) is 0. The molecule has 0 bridgehead atoms. The SMILES string of the molecule is CCC1(Cc2cccc(CBr)n2)OCCO1. The number of hydrogen-bond acceptors (Lipinski definition) is 3. The molecule has 88 valence electrons. The fourth-order valence-electron chi connectivity index (χ4n) is 1.91. The monoisotopic (exact) mass is 285 g/mol. The van der Waals surface area contributed by atoms with Gasteiger partial charge < -0.3 is 9.47 Å². The van der Waals surface area contributed by atoms with E-state index in [9.17, 15) is 0 Å². The first-order valence-electron chi connectivity index (χ1n) is 5.57. The minimum atomic E-state index is -0.446. The summed E-state index contributed by atoms with van der Waals surface area (Å²) in [6.45, 7) is 3.46. The molecule has 0 spiro atoms. The third-order valence-electron chi connectivity index (χ3n) is 2.80. The van der Waals surface area contributed by atoms with Gasteiger partial charge in [0.15, 0.2) is 5.79 Å². The van der Waals surface area contributed by atoms with Crippen LogP contribution in [0.25, 0.3) is 0 Å². The average Bonchev–Trinajstić information content (AvgIpc) is 2.78. The zero-order chi connectivity index (χ0) is 11.4. The highest BCUT2D eigenvalue weighted by atomic mass is 79.9. The minimum Gasteiger partial charge on any atom is -0.347 e. The topological polar surface area (TPSA) is 31.4 Å². The van der Waals surface area contributed by atoms with Crippen LogP contribution >= 0.6 is 15.9 Å². The molecule has 1 aromatic rings. The van der Waals surface area contributed by atoms with Gasteiger partial charge in [0.2, 0.25) is 0 Å². The van der Waals surface area contributed by atoms with Crippen LogP contribution in [0.1, 0.15) is 24.7 Å². The van der Waals surface area contributed by atoms with Crippen molar-refractivity contribution in [3.8, 4) is 0 Å². The van der Waals surface area contributed by atoms with Gasteiger partial charge in [-0.05, 0) is 18.6 Å². The zero-order valence-corrected chi connectivity index (χ0v) is 11.0. The lowest BCUT2D eigenvalue weighted by Crippen LogP contribution is -2.32. The van der Waals surface area contributed by atoms with Gasteiger partial charge in [-0.1, -0.05) is 28.9 Å². The van der Waals surface area contributed by atoms with Crippen LogP contribution in [0.5, 0.6) is 0 Å². The molecule has 2 rings (SSSR count). The summed E-state index contributed by atoms with van der Waals surface area (Å²) in [6.07, 6.45) is 1.58. The first-order chi connectivity index (χ1) is 7.78. The van der Waals surface area contributed by atoms with Gasteiger partial charge in [-0.3, -0.25) is 4.98 Å². The second kappa shape index (κ2) is 5.25. The molecule has 0 atom stereocenters. The third kappa shape index (κ3) is 2.62. The lowest BCUT2D eigenvalue weighted by molar-refractivity contribution is -0.158. The summed E-state index contributed by atoms with van der Waals surface area (Å²) in [6, 6.07) is 6.05. The molecule has 1 aliphatic heterocycles. The summed E-state index contributed by atoms with van der Waals surface area (Å²) in [7, 11) is 0. The largest absolute Gasteiger partial charge is 0.347 e. The smallest absolute Gasteiger partial charge is 0.173 e. The molecule has 3 nitrogen and oxygen atoms in total. The Bertz CT molecular complexity index is 351. The van der Waals surface area contributed by atoms with Crippen LogP contribution in [0.15, 0.2) is 18.2 Å². The van der Waals surface area contributed by atoms with Gasteiger partial charge in [0.05, 0.1) is 18.9 Å². The van der Waals surface area contributed by atoms with E-state index in [1.807, 2.05) is 18.2 Å². The van der Waals surface area contributed by atoms with Crippen LogP contribution < -0.4 is 0 Å².